The number of halogens is 1. The molecular formula is C29H35FN4. The zero-order chi connectivity index (χ0) is 22.9. The molecule has 178 valence electrons. The van der Waals surface area contributed by atoms with E-state index in [1.54, 1.807) is 11.1 Å². The van der Waals surface area contributed by atoms with E-state index in [-0.39, 0.29) is 6.67 Å². The molecule has 0 unspecified atom stereocenters. The molecule has 8 rings (SSSR count). The number of hydrogen-bond donors (Lipinski definition) is 1. The van der Waals surface area contributed by atoms with Crippen molar-refractivity contribution in [1.29, 1.82) is 0 Å². The molecule has 1 N–H and O–H groups in total. The average Bonchev–Trinajstić information content (AvgIpc) is 3.12. The number of nitrogens with zero attached hydrogens (tertiary/aromatic N) is 3. The van der Waals surface area contributed by atoms with Gasteiger partial charge in [0.15, 0.2) is 0 Å². The van der Waals surface area contributed by atoms with Gasteiger partial charge in [0.1, 0.15) is 0 Å². The molecule has 6 aliphatic rings. The third kappa shape index (κ3) is 3.12. The lowest BCUT2D eigenvalue weighted by Crippen LogP contribution is -2.71. The molecule has 2 aromatic rings. The minimum Gasteiger partial charge on any atom is -0.367 e. The lowest BCUT2D eigenvalue weighted by molar-refractivity contribution is -0.173. The molecule has 2 bridgehead atoms. The molecule has 1 aromatic carbocycles. The summed E-state index contributed by atoms with van der Waals surface area (Å²) in [6.07, 6.45) is 9.07. The van der Waals surface area contributed by atoms with Crippen LogP contribution in [0, 0.1) is 5.92 Å². The van der Waals surface area contributed by atoms with Crippen molar-refractivity contribution in [2.24, 2.45) is 5.92 Å². The molecule has 34 heavy (non-hydrogen) atoms. The third-order valence-corrected chi connectivity index (χ3v) is 9.29. The zero-order valence-corrected chi connectivity index (χ0v) is 20.1. The summed E-state index contributed by atoms with van der Waals surface area (Å²) in [6, 6.07) is 14.9. The highest BCUT2D eigenvalue weighted by Gasteiger charge is 2.63. The second kappa shape index (κ2) is 7.89. The Balaban J connectivity index is 1.16. The van der Waals surface area contributed by atoms with Crippen LogP contribution < -0.4 is 10.2 Å². The maximum atomic E-state index is 12.3. The Labute approximate surface area is 202 Å². The monoisotopic (exact) mass is 458 g/mol. The molecule has 1 saturated heterocycles. The summed E-state index contributed by atoms with van der Waals surface area (Å²) in [6.45, 7) is 4.94. The summed E-state index contributed by atoms with van der Waals surface area (Å²) >= 11 is 0. The Morgan fingerprint density at radius 3 is 2.65 bits per heavy atom. The minimum absolute atomic E-state index is 0.239. The van der Waals surface area contributed by atoms with E-state index < -0.39 is 0 Å². The SMILES string of the molecule is C[C@@H]1CC2=C(Cc3ccccc32)[C@@H](c2ccc(N3CC(NCCCF)C3)cn2)N1C12CC(C1)C2. The number of anilines is 1. The molecule has 0 amide bonds. The molecule has 4 nitrogen and oxygen atoms in total. The zero-order valence-electron chi connectivity index (χ0n) is 20.1. The van der Waals surface area contributed by atoms with Crippen LogP contribution in [0.3, 0.4) is 0 Å². The molecule has 3 heterocycles. The molecule has 3 saturated carbocycles. The van der Waals surface area contributed by atoms with Crippen molar-refractivity contribution < 1.29 is 4.39 Å². The van der Waals surface area contributed by atoms with Crippen molar-refractivity contribution in [3.8, 4) is 0 Å². The van der Waals surface area contributed by atoms with Crippen molar-refractivity contribution in [3.63, 3.8) is 0 Å². The summed E-state index contributed by atoms with van der Waals surface area (Å²) in [5, 5.41) is 3.45. The number of alkyl halides is 1. The summed E-state index contributed by atoms with van der Waals surface area (Å²) in [7, 11) is 0. The fourth-order valence-electron chi connectivity index (χ4n) is 7.52. The van der Waals surface area contributed by atoms with Crippen LogP contribution in [0.4, 0.5) is 10.1 Å². The van der Waals surface area contributed by atoms with E-state index in [1.165, 1.54) is 41.8 Å². The highest BCUT2D eigenvalue weighted by molar-refractivity contribution is 5.79. The standard InChI is InChI=1S/C29H35FN4/c1-19-11-25-24-6-3-2-5-21(24)12-26(25)28(34(19)29-13-20(14-29)15-29)27-8-7-23(16-32-27)33-17-22(18-33)31-10-4-9-30/h2-3,5-8,16,19-20,22,28,31H,4,9-15,17-18H2,1H3/t19-,20?,28+,29?/m1/s1. The number of fused-ring (bicyclic) bond motifs is 2. The maximum absolute atomic E-state index is 12.3. The van der Waals surface area contributed by atoms with Gasteiger partial charge in [-0.3, -0.25) is 14.3 Å². The van der Waals surface area contributed by atoms with Gasteiger partial charge in [-0.05, 0) is 92.3 Å². The molecule has 2 aliphatic heterocycles. The molecule has 0 radical (unpaired) electrons. The number of pyridine rings is 1. The summed E-state index contributed by atoms with van der Waals surface area (Å²) in [5.41, 5.74) is 9.01. The topological polar surface area (TPSA) is 31.4 Å². The number of benzene rings is 1. The van der Waals surface area contributed by atoms with E-state index in [4.69, 9.17) is 4.98 Å². The van der Waals surface area contributed by atoms with Crippen LogP contribution in [0.5, 0.6) is 0 Å². The Hall–Kier alpha value is -2.24. The summed E-state index contributed by atoms with van der Waals surface area (Å²) in [5.74, 6) is 0.970. The molecule has 4 fully saturated rings. The van der Waals surface area contributed by atoms with Gasteiger partial charge in [0.05, 0.1) is 30.3 Å². The normalized spacial score (nSPS) is 32.1. The first-order valence-corrected chi connectivity index (χ1v) is 13.2. The van der Waals surface area contributed by atoms with Gasteiger partial charge in [0.2, 0.25) is 0 Å². The van der Waals surface area contributed by atoms with Gasteiger partial charge in [-0.1, -0.05) is 24.3 Å². The molecule has 4 aliphatic carbocycles. The highest BCUT2D eigenvalue weighted by Crippen LogP contribution is 2.65. The van der Waals surface area contributed by atoms with Crippen LogP contribution in [0.25, 0.3) is 5.57 Å². The van der Waals surface area contributed by atoms with Crippen LogP contribution in [-0.4, -0.2) is 53.8 Å². The molecule has 5 heteroatoms. The quantitative estimate of drug-likeness (QED) is 0.597. The van der Waals surface area contributed by atoms with Crippen LogP contribution in [0.15, 0.2) is 48.2 Å². The van der Waals surface area contributed by atoms with Crippen LogP contribution >= 0.6 is 0 Å². The average molecular weight is 459 g/mol. The van der Waals surface area contributed by atoms with E-state index in [1.807, 2.05) is 0 Å². The van der Waals surface area contributed by atoms with Crippen LogP contribution in [-0.2, 0) is 6.42 Å². The fraction of sp³-hybridized carbons (Fsp3) is 0.552. The molecule has 0 spiro atoms. The first-order valence-electron chi connectivity index (χ1n) is 13.2. The van der Waals surface area contributed by atoms with Crippen molar-refractivity contribution in [2.75, 3.05) is 31.2 Å². The van der Waals surface area contributed by atoms with Gasteiger partial charge in [-0.2, -0.15) is 0 Å². The largest absolute Gasteiger partial charge is 0.367 e. The number of rotatable bonds is 7. The van der Waals surface area contributed by atoms with Gasteiger partial charge in [0.25, 0.3) is 0 Å². The Morgan fingerprint density at radius 1 is 1.12 bits per heavy atom. The minimum atomic E-state index is -0.239. The van der Waals surface area contributed by atoms with E-state index in [0.29, 0.717) is 30.1 Å². The summed E-state index contributed by atoms with van der Waals surface area (Å²) in [4.78, 5) is 10.4. The van der Waals surface area contributed by atoms with E-state index in [0.717, 1.165) is 38.4 Å². The van der Waals surface area contributed by atoms with E-state index in [2.05, 4.69) is 64.6 Å². The first kappa shape index (κ1) is 21.1. The fourth-order valence-corrected chi connectivity index (χ4v) is 7.52. The lowest BCUT2D eigenvalue weighted by Gasteiger charge is -2.70. The van der Waals surface area contributed by atoms with Gasteiger partial charge in [-0.25, -0.2) is 0 Å². The Kier molecular flexibility index (Phi) is 4.89. The molecule has 1 aromatic heterocycles. The van der Waals surface area contributed by atoms with Crippen molar-refractivity contribution in [1.82, 2.24) is 15.2 Å². The smallest absolute Gasteiger partial charge is 0.0906 e. The van der Waals surface area contributed by atoms with E-state index in [9.17, 15) is 4.39 Å². The first-order chi connectivity index (χ1) is 16.6. The summed E-state index contributed by atoms with van der Waals surface area (Å²) < 4.78 is 12.3. The third-order valence-electron chi connectivity index (χ3n) is 9.29. The lowest BCUT2D eigenvalue weighted by atomic mass is 9.48. The second-order valence-electron chi connectivity index (χ2n) is 11.4. The molecular weight excluding hydrogens is 423 g/mol. The Morgan fingerprint density at radius 2 is 1.94 bits per heavy atom. The molecule has 2 atom stereocenters. The van der Waals surface area contributed by atoms with Gasteiger partial charge in [-0.15, -0.1) is 0 Å². The highest BCUT2D eigenvalue weighted by atomic mass is 19.1. The van der Waals surface area contributed by atoms with Gasteiger partial charge in [0, 0.05) is 30.7 Å². The van der Waals surface area contributed by atoms with Crippen molar-refractivity contribution >= 4 is 11.3 Å². The second-order valence-corrected chi connectivity index (χ2v) is 11.4. The van der Waals surface area contributed by atoms with Gasteiger partial charge < -0.3 is 10.2 Å². The predicted molar refractivity (Wildman–Crippen MR) is 135 cm³/mol. The van der Waals surface area contributed by atoms with Crippen molar-refractivity contribution in [2.45, 2.75) is 69.1 Å². The van der Waals surface area contributed by atoms with E-state index >= 15 is 0 Å². The predicted octanol–water partition coefficient (Wildman–Crippen LogP) is 4.92. The number of nitrogens with one attached hydrogen (secondary N) is 1. The van der Waals surface area contributed by atoms with Crippen molar-refractivity contribution in [3.05, 3.63) is 65.0 Å². The Bertz CT molecular complexity index is 1100. The number of hydrogen-bond acceptors (Lipinski definition) is 4. The van der Waals surface area contributed by atoms with Gasteiger partial charge >= 0.3 is 0 Å². The van der Waals surface area contributed by atoms with Crippen LogP contribution in [0.1, 0.15) is 61.9 Å². The van der Waals surface area contributed by atoms with Crippen LogP contribution in [0.2, 0.25) is 0 Å². The maximum Gasteiger partial charge on any atom is 0.0906 e. The number of aromatic nitrogens is 1.